The number of rotatable bonds is 9. The van der Waals surface area contributed by atoms with Gasteiger partial charge in [0, 0.05) is 81.4 Å². The highest BCUT2D eigenvalue weighted by molar-refractivity contribution is 6.17. The Morgan fingerprint density at radius 2 is 0.480 bits per heavy atom. The van der Waals surface area contributed by atoms with Crippen molar-refractivity contribution in [2.75, 3.05) is 0 Å². The third-order valence-corrected chi connectivity index (χ3v) is 21.2. The van der Waals surface area contributed by atoms with Crippen LogP contribution < -0.4 is 4.68 Å². The van der Waals surface area contributed by atoms with E-state index in [2.05, 4.69) is 384 Å². The third kappa shape index (κ3) is 7.95. The summed E-state index contributed by atoms with van der Waals surface area (Å²) in [5.41, 5.74) is 19.7. The zero-order valence-corrected chi connectivity index (χ0v) is 55.0. The molecule has 0 radical (unpaired) electrons. The van der Waals surface area contributed by atoms with Crippen LogP contribution in [0.5, 0.6) is 0 Å². The first kappa shape index (κ1) is 56.2. The average molecular weight is 1300 g/mol. The van der Waals surface area contributed by atoms with Gasteiger partial charge in [-0.2, -0.15) is 4.68 Å². The molecular weight excluding hydrogens is 1240 g/mol. The molecule has 0 N–H and O–H groups in total. The first-order chi connectivity index (χ1) is 50.7. The highest BCUT2D eigenvalue weighted by atomic mass is 15.5. The van der Waals surface area contributed by atoms with Crippen molar-refractivity contribution in [1.82, 2.24) is 37.5 Å². The van der Waals surface area contributed by atoms with E-state index in [1.54, 1.807) is 0 Å². The predicted molar refractivity (Wildman–Crippen MR) is 420 cm³/mol. The molecule has 0 aliphatic heterocycles. The fraction of sp³-hybridized carbons (Fsp3) is 0. The minimum atomic E-state index is 0.600. The lowest BCUT2D eigenvalue weighted by molar-refractivity contribution is -0.708. The normalized spacial score (nSPS) is 12.1. The lowest BCUT2D eigenvalue weighted by Crippen LogP contribution is -2.51. The number of para-hydroxylation sites is 11. The standard InChI is InChI=1S/C93H58N9/c1-3-29-59(30-4-1)74-58-75(95-91(94-74)60-31-5-2-6-32-60)88-89(97-78-46-20-9-35-64(78)65-36-10-21-47-79(65)97)92(99-82-50-24-13-39-68(82)69-40-14-25-51-83(69)99)102(101-86-54-28-17-43-72(86)73-57-61(55-56-87(73)101)96-76-44-18-7-33-62(76)63-34-8-19-45-77(63)96)93(100-84-52-26-15-41-70(84)71-42-16-27-53-85(71)100)90(88)98-80-48-22-11-37-66(80)67-38-12-23-49-81(67)98/h1-58H/q+1. The van der Waals surface area contributed by atoms with Crippen LogP contribution >= 0.6 is 0 Å². The molecule has 474 valence electrons. The van der Waals surface area contributed by atoms with E-state index in [1.165, 1.54) is 10.8 Å². The van der Waals surface area contributed by atoms with E-state index in [0.717, 1.165) is 177 Å². The van der Waals surface area contributed by atoms with Crippen molar-refractivity contribution >= 4 is 131 Å². The molecule has 0 saturated carbocycles. The maximum absolute atomic E-state index is 6.15. The minimum absolute atomic E-state index is 0.600. The molecule has 14 aromatic carbocycles. The Balaban J connectivity index is 1.08. The van der Waals surface area contributed by atoms with Crippen molar-refractivity contribution in [3.05, 3.63) is 352 Å². The molecule has 102 heavy (non-hydrogen) atoms. The molecule has 9 nitrogen and oxygen atoms in total. The molecule has 0 saturated heterocycles. The number of aromatic nitrogens is 9. The summed E-state index contributed by atoms with van der Waals surface area (Å²) >= 11 is 0. The molecule has 0 spiro atoms. The maximum Gasteiger partial charge on any atom is 0.282 e. The predicted octanol–water partition coefficient (Wildman–Crippen LogP) is 22.7. The van der Waals surface area contributed by atoms with Crippen LogP contribution in [-0.2, 0) is 0 Å². The largest absolute Gasteiger partial charge is 0.309 e. The zero-order valence-electron chi connectivity index (χ0n) is 55.0. The molecule has 22 rings (SSSR count). The van der Waals surface area contributed by atoms with Gasteiger partial charge in [0.1, 0.15) is 33.4 Å². The second-order valence-corrected chi connectivity index (χ2v) is 26.6. The topological polar surface area (TPSA) is 59.2 Å². The molecule has 0 bridgehead atoms. The lowest BCUT2D eigenvalue weighted by atomic mass is 10.0. The van der Waals surface area contributed by atoms with Crippen molar-refractivity contribution in [3.8, 4) is 62.6 Å². The molecule has 9 heteroatoms. The Morgan fingerprint density at radius 1 is 0.206 bits per heavy atom. The van der Waals surface area contributed by atoms with Gasteiger partial charge in [0.05, 0.1) is 61.1 Å². The van der Waals surface area contributed by atoms with Crippen molar-refractivity contribution in [1.29, 1.82) is 0 Å². The van der Waals surface area contributed by atoms with Crippen LogP contribution in [0.2, 0.25) is 0 Å². The van der Waals surface area contributed by atoms with Gasteiger partial charge in [0.25, 0.3) is 11.6 Å². The first-order valence-electron chi connectivity index (χ1n) is 34.8. The monoisotopic (exact) mass is 1300 g/mol. The highest BCUT2D eigenvalue weighted by Crippen LogP contribution is 2.50. The van der Waals surface area contributed by atoms with Gasteiger partial charge in [-0.3, -0.25) is 0 Å². The van der Waals surface area contributed by atoms with Crippen LogP contribution in [-0.4, -0.2) is 37.5 Å². The van der Waals surface area contributed by atoms with Gasteiger partial charge >= 0.3 is 0 Å². The summed E-state index contributed by atoms with van der Waals surface area (Å²) in [6.07, 6.45) is 0. The Labute approximate surface area is 583 Å². The maximum atomic E-state index is 6.15. The van der Waals surface area contributed by atoms with Crippen LogP contribution in [0.1, 0.15) is 0 Å². The van der Waals surface area contributed by atoms with E-state index in [-0.39, 0.29) is 0 Å². The number of benzene rings is 14. The average Bonchev–Trinajstić information content (AvgIpc) is 1.37. The Kier molecular flexibility index (Phi) is 12.0. The van der Waals surface area contributed by atoms with Gasteiger partial charge in [0.15, 0.2) is 5.82 Å². The first-order valence-corrected chi connectivity index (χ1v) is 34.8. The number of fused-ring (bicyclic) bond motifs is 18. The van der Waals surface area contributed by atoms with Crippen LogP contribution in [0.4, 0.5) is 0 Å². The van der Waals surface area contributed by atoms with E-state index in [1.807, 2.05) is 0 Å². The number of pyridine rings is 1. The van der Waals surface area contributed by atoms with E-state index in [0.29, 0.717) is 5.82 Å². The molecule has 22 aromatic rings. The van der Waals surface area contributed by atoms with Crippen molar-refractivity contribution in [2.45, 2.75) is 0 Å². The lowest BCUT2D eigenvalue weighted by Gasteiger charge is -2.28. The van der Waals surface area contributed by atoms with Crippen LogP contribution in [0.25, 0.3) is 193 Å². The summed E-state index contributed by atoms with van der Waals surface area (Å²) in [4.78, 5) is 11.8. The summed E-state index contributed by atoms with van der Waals surface area (Å²) in [6, 6.07) is 129. The second kappa shape index (κ2) is 21.8. The number of nitrogens with zero attached hydrogens (tertiary/aromatic N) is 9. The smallest absolute Gasteiger partial charge is 0.282 e. The van der Waals surface area contributed by atoms with Gasteiger partial charge in [0.2, 0.25) is 0 Å². The van der Waals surface area contributed by atoms with Crippen LogP contribution in [0, 0.1) is 0 Å². The molecule has 0 aliphatic rings. The molecule has 8 aromatic heterocycles. The van der Waals surface area contributed by atoms with E-state index in [4.69, 9.17) is 9.97 Å². The summed E-state index contributed by atoms with van der Waals surface area (Å²) in [7, 11) is 0. The van der Waals surface area contributed by atoms with Crippen molar-refractivity contribution < 1.29 is 4.68 Å². The van der Waals surface area contributed by atoms with Crippen LogP contribution in [0.15, 0.2) is 352 Å². The number of hydrogen-bond donors (Lipinski definition) is 0. The second-order valence-electron chi connectivity index (χ2n) is 26.6. The molecule has 0 atom stereocenters. The summed E-state index contributed by atoms with van der Waals surface area (Å²) in [6.45, 7) is 0. The van der Waals surface area contributed by atoms with Crippen LogP contribution in [0.3, 0.4) is 0 Å². The quantitative estimate of drug-likeness (QED) is 0.135. The third-order valence-electron chi connectivity index (χ3n) is 21.2. The molecule has 0 aliphatic carbocycles. The van der Waals surface area contributed by atoms with Gasteiger partial charge in [-0.05, 0) is 91.0 Å². The highest BCUT2D eigenvalue weighted by Gasteiger charge is 2.42. The van der Waals surface area contributed by atoms with Gasteiger partial charge < -0.3 is 13.7 Å². The van der Waals surface area contributed by atoms with E-state index in [9.17, 15) is 0 Å². The van der Waals surface area contributed by atoms with Gasteiger partial charge in [-0.25, -0.2) is 19.1 Å². The number of hydrogen-bond acceptors (Lipinski definition) is 2. The molecule has 0 fully saturated rings. The molecule has 0 unspecified atom stereocenters. The SMILES string of the molecule is c1ccc(-c2cc(-c3c(-n4c5ccccc5c5ccccc54)c(-n4c5ccccc5c5ccccc54)[n+](-n4c5ccccc5c5cc(-n6c7ccccc7c7ccccc76)ccc54)c(-n4c5ccccc5c5ccccc54)c3-n3c4ccccc4c4ccccc43)nc(-c3ccccc3)n2)cc1. The van der Waals surface area contributed by atoms with Crippen molar-refractivity contribution in [2.24, 2.45) is 0 Å². The Morgan fingerprint density at radius 3 is 0.843 bits per heavy atom. The Bertz CT molecular complexity index is 6680. The fourth-order valence-corrected chi connectivity index (χ4v) is 17.1. The molecule has 0 amide bonds. The molecular formula is C93H58N9+. The van der Waals surface area contributed by atoms with Crippen molar-refractivity contribution in [3.63, 3.8) is 0 Å². The van der Waals surface area contributed by atoms with Gasteiger partial charge in [-0.15, -0.1) is 4.68 Å². The summed E-state index contributed by atoms with van der Waals surface area (Å²) in [5, 5.41) is 13.6. The van der Waals surface area contributed by atoms with Gasteiger partial charge in [-0.1, -0.05) is 261 Å². The minimum Gasteiger partial charge on any atom is -0.309 e. The Hall–Kier alpha value is -13.9. The van der Waals surface area contributed by atoms with E-state index >= 15 is 0 Å². The summed E-state index contributed by atoms with van der Waals surface area (Å²) < 4.78 is 17.9. The molecule has 8 heterocycles. The fourth-order valence-electron chi connectivity index (χ4n) is 17.1. The zero-order chi connectivity index (χ0) is 66.7. The summed E-state index contributed by atoms with van der Waals surface area (Å²) in [5.74, 6) is 2.33. The van der Waals surface area contributed by atoms with E-state index < -0.39 is 0 Å².